The van der Waals surface area contributed by atoms with Gasteiger partial charge in [0.05, 0.1) is 7.11 Å². The topological polar surface area (TPSA) is 29.5 Å². The molecule has 1 aromatic carbocycles. The van der Waals surface area contributed by atoms with Crippen molar-refractivity contribution in [2.45, 2.75) is 27.2 Å². The Kier molecular flexibility index (Phi) is 3.75. The SMILES string of the molecule is COc1ccc(C)cc1CC(C)(C)CO. The zero-order valence-electron chi connectivity index (χ0n) is 10.0. The summed E-state index contributed by atoms with van der Waals surface area (Å²) in [6.45, 7) is 6.35. The smallest absolute Gasteiger partial charge is 0.122 e. The van der Waals surface area contributed by atoms with Crippen molar-refractivity contribution in [2.24, 2.45) is 5.41 Å². The molecule has 1 N–H and O–H groups in total. The van der Waals surface area contributed by atoms with Gasteiger partial charge in [0.15, 0.2) is 0 Å². The summed E-state index contributed by atoms with van der Waals surface area (Å²) in [5, 5.41) is 9.25. The second-order valence-corrected chi connectivity index (χ2v) is 4.81. The zero-order valence-corrected chi connectivity index (χ0v) is 10.0. The van der Waals surface area contributed by atoms with Gasteiger partial charge >= 0.3 is 0 Å². The Morgan fingerprint density at radius 3 is 2.53 bits per heavy atom. The van der Waals surface area contributed by atoms with Crippen molar-refractivity contribution in [2.75, 3.05) is 13.7 Å². The number of benzene rings is 1. The molecule has 0 radical (unpaired) electrons. The van der Waals surface area contributed by atoms with Gasteiger partial charge in [-0.3, -0.25) is 0 Å². The first-order valence-corrected chi connectivity index (χ1v) is 5.23. The summed E-state index contributed by atoms with van der Waals surface area (Å²) in [7, 11) is 1.68. The first-order valence-electron chi connectivity index (χ1n) is 5.23. The van der Waals surface area contributed by atoms with Gasteiger partial charge < -0.3 is 9.84 Å². The van der Waals surface area contributed by atoms with E-state index in [-0.39, 0.29) is 12.0 Å². The van der Waals surface area contributed by atoms with Gasteiger partial charge in [0.25, 0.3) is 0 Å². The predicted molar refractivity (Wildman–Crippen MR) is 62.3 cm³/mol. The molecule has 0 saturated heterocycles. The van der Waals surface area contributed by atoms with Crippen molar-refractivity contribution in [1.29, 1.82) is 0 Å². The van der Waals surface area contributed by atoms with E-state index in [2.05, 4.69) is 26.8 Å². The van der Waals surface area contributed by atoms with E-state index >= 15 is 0 Å². The van der Waals surface area contributed by atoms with Crippen LogP contribution in [0.2, 0.25) is 0 Å². The molecule has 0 aromatic heterocycles. The Hall–Kier alpha value is -1.02. The molecule has 2 nitrogen and oxygen atoms in total. The highest BCUT2D eigenvalue weighted by molar-refractivity contribution is 5.37. The first kappa shape index (κ1) is 12.1. The Balaban J connectivity index is 2.97. The second-order valence-electron chi connectivity index (χ2n) is 4.81. The lowest BCUT2D eigenvalue weighted by atomic mass is 9.86. The molecule has 2 heteroatoms. The van der Waals surface area contributed by atoms with E-state index in [0.717, 1.165) is 17.7 Å². The van der Waals surface area contributed by atoms with Gasteiger partial charge in [-0.25, -0.2) is 0 Å². The molecule has 0 aliphatic heterocycles. The van der Waals surface area contributed by atoms with E-state index in [1.165, 1.54) is 5.56 Å². The van der Waals surface area contributed by atoms with Crippen LogP contribution in [0, 0.1) is 12.3 Å². The molecule has 84 valence electrons. The van der Waals surface area contributed by atoms with Crippen LogP contribution in [0.1, 0.15) is 25.0 Å². The van der Waals surface area contributed by atoms with E-state index in [0.29, 0.717) is 0 Å². The van der Waals surface area contributed by atoms with Gasteiger partial charge in [0, 0.05) is 6.61 Å². The summed E-state index contributed by atoms with van der Waals surface area (Å²) in [5.74, 6) is 0.905. The number of hydrogen-bond acceptors (Lipinski definition) is 2. The number of aliphatic hydroxyl groups excluding tert-OH is 1. The fourth-order valence-corrected chi connectivity index (χ4v) is 1.62. The maximum Gasteiger partial charge on any atom is 0.122 e. The molecule has 0 amide bonds. The minimum absolute atomic E-state index is 0.0962. The summed E-state index contributed by atoms with van der Waals surface area (Å²) in [4.78, 5) is 0. The van der Waals surface area contributed by atoms with Crippen molar-refractivity contribution < 1.29 is 9.84 Å². The molecular formula is C13H20O2. The second kappa shape index (κ2) is 4.67. The van der Waals surface area contributed by atoms with Crippen molar-refractivity contribution in [3.63, 3.8) is 0 Å². The fraction of sp³-hybridized carbons (Fsp3) is 0.538. The molecule has 0 aliphatic carbocycles. The predicted octanol–water partition coefficient (Wildman–Crippen LogP) is 2.56. The van der Waals surface area contributed by atoms with Crippen LogP contribution < -0.4 is 4.74 Å². The summed E-state index contributed by atoms with van der Waals surface area (Å²) >= 11 is 0. The van der Waals surface area contributed by atoms with Crippen LogP contribution in [0.15, 0.2) is 18.2 Å². The number of hydrogen-bond donors (Lipinski definition) is 1. The van der Waals surface area contributed by atoms with E-state index in [1.54, 1.807) is 7.11 Å². The summed E-state index contributed by atoms with van der Waals surface area (Å²) in [6, 6.07) is 6.14. The standard InChI is InChI=1S/C13H20O2/c1-10-5-6-12(15-4)11(7-10)8-13(2,3)9-14/h5-7,14H,8-9H2,1-4H3. The highest BCUT2D eigenvalue weighted by atomic mass is 16.5. The number of aliphatic hydroxyl groups is 1. The van der Waals surface area contributed by atoms with Crippen molar-refractivity contribution in [3.8, 4) is 5.75 Å². The van der Waals surface area contributed by atoms with Gasteiger partial charge in [-0.1, -0.05) is 31.5 Å². The molecule has 1 aromatic rings. The number of ether oxygens (including phenoxy) is 1. The molecule has 0 heterocycles. The summed E-state index contributed by atoms with van der Waals surface area (Å²) in [6.07, 6.45) is 0.828. The lowest BCUT2D eigenvalue weighted by molar-refractivity contribution is 0.159. The van der Waals surface area contributed by atoms with Crippen molar-refractivity contribution in [3.05, 3.63) is 29.3 Å². The normalized spacial score (nSPS) is 11.5. The Labute approximate surface area is 91.9 Å². The van der Waals surface area contributed by atoms with Crippen LogP contribution in [0.4, 0.5) is 0 Å². The lowest BCUT2D eigenvalue weighted by Gasteiger charge is -2.23. The Morgan fingerprint density at radius 2 is 2.00 bits per heavy atom. The van der Waals surface area contributed by atoms with Gasteiger partial charge in [0.1, 0.15) is 5.75 Å². The average Bonchev–Trinajstić information content (AvgIpc) is 2.18. The zero-order chi connectivity index (χ0) is 11.5. The van der Waals surface area contributed by atoms with Gasteiger partial charge in [-0.15, -0.1) is 0 Å². The quantitative estimate of drug-likeness (QED) is 0.824. The maximum atomic E-state index is 9.25. The van der Waals surface area contributed by atoms with E-state index < -0.39 is 0 Å². The van der Waals surface area contributed by atoms with Crippen LogP contribution in [0.5, 0.6) is 5.75 Å². The van der Waals surface area contributed by atoms with Crippen molar-refractivity contribution >= 4 is 0 Å². The number of aryl methyl sites for hydroxylation is 1. The Morgan fingerprint density at radius 1 is 1.33 bits per heavy atom. The fourth-order valence-electron chi connectivity index (χ4n) is 1.62. The van der Waals surface area contributed by atoms with Gasteiger partial charge in [-0.2, -0.15) is 0 Å². The number of methoxy groups -OCH3 is 1. The highest BCUT2D eigenvalue weighted by Crippen LogP contribution is 2.28. The third kappa shape index (κ3) is 3.24. The number of rotatable bonds is 4. The molecule has 0 aliphatic rings. The van der Waals surface area contributed by atoms with Crippen molar-refractivity contribution in [1.82, 2.24) is 0 Å². The highest BCUT2D eigenvalue weighted by Gasteiger charge is 2.19. The van der Waals surface area contributed by atoms with Gasteiger partial charge in [0.2, 0.25) is 0 Å². The average molecular weight is 208 g/mol. The van der Waals surface area contributed by atoms with Crippen LogP contribution in [-0.2, 0) is 6.42 Å². The van der Waals surface area contributed by atoms with Crippen LogP contribution in [0.25, 0.3) is 0 Å². The molecule has 0 fully saturated rings. The monoisotopic (exact) mass is 208 g/mol. The Bertz CT molecular complexity index is 329. The largest absolute Gasteiger partial charge is 0.496 e. The van der Waals surface area contributed by atoms with Crippen LogP contribution >= 0.6 is 0 Å². The molecule has 1 rings (SSSR count). The molecule has 0 atom stereocenters. The lowest BCUT2D eigenvalue weighted by Crippen LogP contribution is -2.20. The van der Waals surface area contributed by atoms with E-state index in [4.69, 9.17) is 4.74 Å². The molecular weight excluding hydrogens is 188 g/mol. The minimum Gasteiger partial charge on any atom is -0.496 e. The maximum absolute atomic E-state index is 9.25. The van der Waals surface area contributed by atoms with Crippen LogP contribution in [-0.4, -0.2) is 18.8 Å². The third-order valence-electron chi connectivity index (χ3n) is 2.53. The molecule has 15 heavy (non-hydrogen) atoms. The molecule has 0 bridgehead atoms. The van der Waals surface area contributed by atoms with E-state index in [9.17, 15) is 5.11 Å². The summed E-state index contributed by atoms with van der Waals surface area (Å²) in [5.41, 5.74) is 2.29. The molecule has 0 saturated carbocycles. The minimum atomic E-state index is -0.0962. The molecule has 0 unspecified atom stereocenters. The third-order valence-corrected chi connectivity index (χ3v) is 2.53. The van der Waals surface area contributed by atoms with E-state index in [1.807, 2.05) is 12.1 Å². The first-order chi connectivity index (χ1) is 6.98. The van der Waals surface area contributed by atoms with Gasteiger partial charge in [-0.05, 0) is 30.4 Å². The molecule has 0 spiro atoms. The summed E-state index contributed by atoms with van der Waals surface area (Å²) < 4.78 is 5.31. The van der Waals surface area contributed by atoms with Crippen LogP contribution in [0.3, 0.4) is 0 Å².